The van der Waals surface area contributed by atoms with E-state index in [4.69, 9.17) is 5.73 Å². The molecule has 0 bridgehead atoms. The first kappa shape index (κ1) is 14.2. The van der Waals surface area contributed by atoms with Gasteiger partial charge < -0.3 is 11.1 Å². The van der Waals surface area contributed by atoms with Crippen molar-refractivity contribution >= 4 is 23.4 Å². The Morgan fingerprint density at radius 3 is 2.70 bits per heavy atom. The van der Waals surface area contributed by atoms with E-state index in [1.807, 2.05) is 6.92 Å². The third-order valence-corrected chi connectivity index (χ3v) is 3.29. The number of hydrogen-bond acceptors (Lipinski definition) is 4. The minimum atomic E-state index is -0.433. The summed E-state index contributed by atoms with van der Waals surface area (Å²) in [5.74, 6) is -0.670. The molecule has 0 aromatic heterocycles. The Morgan fingerprint density at radius 1 is 1.30 bits per heavy atom. The molecule has 4 N–H and O–H groups in total. The van der Waals surface area contributed by atoms with Crippen LogP contribution in [0.4, 0.5) is 5.69 Å². The Hall–Kier alpha value is -2.21. The second-order valence-corrected chi connectivity index (χ2v) is 4.97. The van der Waals surface area contributed by atoms with Crippen LogP contribution in [0.15, 0.2) is 18.2 Å². The highest BCUT2D eigenvalue weighted by Gasteiger charge is 2.26. The van der Waals surface area contributed by atoms with Gasteiger partial charge in [-0.1, -0.05) is 6.92 Å². The average Bonchev–Trinajstić information content (AvgIpc) is 2.71. The van der Waals surface area contributed by atoms with Crippen molar-refractivity contribution in [1.82, 2.24) is 5.32 Å². The van der Waals surface area contributed by atoms with Gasteiger partial charge in [0.15, 0.2) is 0 Å². The summed E-state index contributed by atoms with van der Waals surface area (Å²) in [5.41, 5.74) is 6.64. The van der Waals surface area contributed by atoms with Crippen LogP contribution in [0.2, 0.25) is 0 Å². The topological polar surface area (TPSA) is 101 Å². The predicted octanol–water partition coefficient (Wildman–Crippen LogP) is 0.884. The number of carbonyl (C=O) groups is 3. The molecule has 2 rings (SSSR count). The van der Waals surface area contributed by atoms with Crippen LogP contribution in [-0.2, 0) is 4.79 Å². The molecule has 1 aromatic rings. The van der Waals surface area contributed by atoms with Gasteiger partial charge in [0.25, 0.3) is 11.8 Å². The largest absolute Gasteiger partial charge is 0.330 e. The van der Waals surface area contributed by atoms with Crippen LogP contribution in [0, 0.1) is 5.92 Å². The van der Waals surface area contributed by atoms with Crippen molar-refractivity contribution in [2.24, 2.45) is 11.7 Å². The molecule has 6 nitrogen and oxygen atoms in total. The summed E-state index contributed by atoms with van der Waals surface area (Å²) in [4.78, 5) is 34.7. The van der Waals surface area contributed by atoms with Crippen molar-refractivity contribution < 1.29 is 14.4 Å². The van der Waals surface area contributed by atoms with Crippen LogP contribution in [0.1, 0.15) is 40.5 Å². The number of benzene rings is 1. The summed E-state index contributed by atoms with van der Waals surface area (Å²) < 4.78 is 0. The van der Waals surface area contributed by atoms with Crippen molar-refractivity contribution in [2.75, 3.05) is 11.9 Å². The van der Waals surface area contributed by atoms with Crippen LogP contribution < -0.4 is 16.4 Å². The van der Waals surface area contributed by atoms with Gasteiger partial charge in [0.2, 0.25) is 5.91 Å². The molecule has 1 aliphatic heterocycles. The number of anilines is 1. The van der Waals surface area contributed by atoms with Gasteiger partial charge in [0.1, 0.15) is 0 Å². The minimum absolute atomic E-state index is 0.130. The molecule has 1 atom stereocenters. The molecule has 0 spiro atoms. The van der Waals surface area contributed by atoms with E-state index in [9.17, 15) is 14.4 Å². The maximum absolute atomic E-state index is 11.8. The number of fused-ring (bicyclic) bond motifs is 1. The number of hydrogen-bond donors (Lipinski definition) is 3. The molecule has 20 heavy (non-hydrogen) atoms. The molecule has 0 aliphatic carbocycles. The zero-order chi connectivity index (χ0) is 14.7. The van der Waals surface area contributed by atoms with E-state index >= 15 is 0 Å². The van der Waals surface area contributed by atoms with E-state index < -0.39 is 11.8 Å². The summed E-state index contributed by atoms with van der Waals surface area (Å²) in [5, 5.41) is 4.92. The van der Waals surface area contributed by atoms with E-state index in [-0.39, 0.29) is 5.91 Å². The number of imide groups is 1. The Bertz CT molecular complexity index is 569. The van der Waals surface area contributed by atoms with Crippen LogP contribution >= 0.6 is 0 Å². The zero-order valence-corrected chi connectivity index (χ0v) is 11.2. The van der Waals surface area contributed by atoms with Gasteiger partial charge in [-0.3, -0.25) is 19.7 Å². The van der Waals surface area contributed by atoms with Crippen molar-refractivity contribution in [3.8, 4) is 0 Å². The molecule has 1 aliphatic rings. The first-order chi connectivity index (χ1) is 9.51. The standard InChI is InChI=1S/C14H17N3O3/c1-8(7-15)2-5-12(18)16-9-3-4-10-11(6-9)14(20)17-13(10)19/h3-4,6,8H,2,5,7,15H2,1H3,(H,16,18)(H,17,19,20). The van der Waals surface area contributed by atoms with Crippen molar-refractivity contribution in [1.29, 1.82) is 0 Å². The van der Waals surface area contributed by atoms with E-state index in [2.05, 4.69) is 10.6 Å². The van der Waals surface area contributed by atoms with Gasteiger partial charge in [0.05, 0.1) is 11.1 Å². The van der Waals surface area contributed by atoms with E-state index in [0.717, 1.165) is 0 Å². The molecule has 106 valence electrons. The average molecular weight is 275 g/mol. The molecule has 0 saturated carbocycles. The van der Waals surface area contributed by atoms with E-state index in [1.165, 1.54) is 12.1 Å². The first-order valence-corrected chi connectivity index (χ1v) is 6.51. The highest BCUT2D eigenvalue weighted by atomic mass is 16.2. The molecule has 1 aromatic carbocycles. The monoisotopic (exact) mass is 275 g/mol. The van der Waals surface area contributed by atoms with Crippen LogP contribution in [0.5, 0.6) is 0 Å². The van der Waals surface area contributed by atoms with Gasteiger partial charge in [-0.15, -0.1) is 0 Å². The number of amides is 3. The molecule has 3 amide bonds. The first-order valence-electron chi connectivity index (χ1n) is 6.51. The summed E-state index contributed by atoms with van der Waals surface area (Å²) >= 11 is 0. The quantitative estimate of drug-likeness (QED) is 0.694. The third-order valence-electron chi connectivity index (χ3n) is 3.29. The van der Waals surface area contributed by atoms with Crippen molar-refractivity contribution in [3.63, 3.8) is 0 Å². The molecule has 0 fully saturated rings. The van der Waals surface area contributed by atoms with Crippen molar-refractivity contribution in [2.45, 2.75) is 19.8 Å². The van der Waals surface area contributed by atoms with Gasteiger partial charge in [-0.05, 0) is 37.1 Å². The minimum Gasteiger partial charge on any atom is -0.330 e. The molecule has 1 unspecified atom stereocenters. The molecule has 0 radical (unpaired) electrons. The lowest BCUT2D eigenvalue weighted by Crippen LogP contribution is -2.19. The summed E-state index contributed by atoms with van der Waals surface area (Å²) in [7, 11) is 0. The number of nitrogens with two attached hydrogens (primary N) is 1. The lowest BCUT2D eigenvalue weighted by molar-refractivity contribution is -0.116. The highest BCUT2D eigenvalue weighted by molar-refractivity contribution is 6.22. The molecule has 1 heterocycles. The SMILES string of the molecule is CC(CN)CCC(=O)Nc1ccc2c(c1)C(=O)NC2=O. The lowest BCUT2D eigenvalue weighted by Gasteiger charge is -2.09. The summed E-state index contributed by atoms with van der Waals surface area (Å²) in [6, 6.07) is 4.66. The lowest BCUT2D eigenvalue weighted by atomic mass is 10.1. The number of carbonyl (C=O) groups excluding carboxylic acids is 3. The Kier molecular flexibility index (Phi) is 4.14. The normalized spacial score (nSPS) is 14.7. The predicted molar refractivity (Wildman–Crippen MR) is 74.3 cm³/mol. The number of rotatable bonds is 5. The Labute approximate surface area is 116 Å². The molecule has 6 heteroatoms. The second-order valence-electron chi connectivity index (χ2n) is 4.97. The third kappa shape index (κ3) is 3.03. The van der Waals surface area contributed by atoms with Gasteiger partial charge in [-0.2, -0.15) is 0 Å². The van der Waals surface area contributed by atoms with Gasteiger partial charge in [-0.25, -0.2) is 0 Å². The fourth-order valence-electron chi connectivity index (χ4n) is 1.96. The fourth-order valence-corrected chi connectivity index (χ4v) is 1.96. The van der Waals surface area contributed by atoms with Crippen LogP contribution in [0.3, 0.4) is 0 Å². The van der Waals surface area contributed by atoms with E-state index in [1.54, 1.807) is 6.07 Å². The maximum atomic E-state index is 11.8. The molecular formula is C14H17N3O3. The Balaban J connectivity index is 2.01. The second kappa shape index (κ2) is 5.83. The Morgan fingerprint density at radius 2 is 2.00 bits per heavy atom. The fraction of sp³-hybridized carbons (Fsp3) is 0.357. The number of nitrogens with one attached hydrogen (secondary N) is 2. The zero-order valence-electron chi connectivity index (χ0n) is 11.2. The maximum Gasteiger partial charge on any atom is 0.259 e. The van der Waals surface area contributed by atoms with Crippen LogP contribution in [-0.4, -0.2) is 24.3 Å². The van der Waals surface area contributed by atoms with E-state index in [0.29, 0.717) is 42.1 Å². The van der Waals surface area contributed by atoms with Crippen molar-refractivity contribution in [3.05, 3.63) is 29.3 Å². The smallest absolute Gasteiger partial charge is 0.259 e. The molecular weight excluding hydrogens is 258 g/mol. The molecule has 0 saturated heterocycles. The summed E-state index contributed by atoms with van der Waals surface area (Å²) in [6.07, 6.45) is 1.09. The van der Waals surface area contributed by atoms with Crippen LogP contribution in [0.25, 0.3) is 0 Å². The van der Waals surface area contributed by atoms with Gasteiger partial charge in [0, 0.05) is 12.1 Å². The van der Waals surface area contributed by atoms with Gasteiger partial charge >= 0.3 is 0 Å². The highest BCUT2D eigenvalue weighted by Crippen LogP contribution is 2.20. The summed E-state index contributed by atoms with van der Waals surface area (Å²) in [6.45, 7) is 2.53.